The smallest absolute Gasteiger partial charge is 0.306 e. The monoisotopic (exact) mass is 1030 g/mol. The Kier molecular flexibility index (Phi) is 61.8. The molecule has 1 atom stereocenters. The van der Waals surface area contributed by atoms with Crippen LogP contribution in [-0.4, -0.2) is 36.4 Å². The molecule has 0 aromatic carbocycles. The molecule has 0 aromatic rings. The molecule has 0 radical (unpaired) electrons. The highest BCUT2D eigenvalue weighted by molar-refractivity contribution is 5.70. The summed E-state index contributed by atoms with van der Waals surface area (Å²) in [5, 5.41) is 9.64. The van der Waals surface area contributed by atoms with Crippen molar-refractivity contribution < 1.29 is 24.2 Å². The number of unbranched alkanes of at least 4 members (excludes halogenated alkanes) is 37. The Bertz CT molecular complexity index is 1350. The zero-order chi connectivity index (χ0) is 53.4. The van der Waals surface area contributed by atoms with Crippen LogP contribution in [0.25, 0.3) is 0 Å². The van der Waals surface area contributed by atoms with Crippen LogP contribution in [0.3, 0.4) is 0 Å². The van der Waals surface area contributed by atoms with Crippen LogP contribution >= 0.6 is 0 Å². The van der Waals surface area contributed by atoms with Gasteiger partial charge in [-0.05, 0) is 77.0 Å². The van der Waals surface area contributed by atoms with Crippen LogP contribution < -0.4 is 0 Å². The van der Waals surface area contributed by atoms with Gasteiger partial charge in [0.2, 0.25) is 0 Å². The largest absolute Gasteiger partial charge is 0.462 e. The van der Waals surface area contributed by atoms with Gasteiger partial charge < -0.3 is 14.6 Å². The Hall–Kier alpha value is -2.92. The topological polar surface area (TPSA) is 72.8 Å². The van der Waals surface area contributed by atoms with Gasteiger partial charge in [-0.2, -0.15) is 0 Å². The van der Waals surface area contributed by atoms with Crippen molar-refractivity contribution in [2.45, 2.75) is 328 Å². The molecule has 1 unspecified atom stereocenters. The highest BCUT2D eigenvalue weighted by atomic mass is 16.6. The minimum atomic E-state index is -0.816. The number of carbonyl (C=O) groups excluding carboxylic acids is 2. The molecule has 0 rings (SSSR count). The maximum Gasteiger partial charge on any atom is 0.306 e. The van der Waals surface area contributed by atoms with Crippen molar-refractivity contribution in [3.8, 4) is 0 Å². The van der Waals surface area contributed by atoms with Gasteiger partial charge >= 0.3 is 11.9 Å². The zero-order valence-electron chi connectivity index (χ0n) is 49.1. The van der Waals surface area contributed by atoms with E-state index in [0.29, 0.717) is 12.8 Å². The summed E-state index contributed by atoms with van der Waals surface area (Å²) in [5.41, 5.74) is 0. The first-order valence-electron chi connectivity index (χ1n) is 32.1. The Morgan fingerprint density at radius 1 is 0.324 bits per heavy atom. The van der Waals surface area contributed by atoms with Crippen LogP contribution in [0.1, 0.15) is 322 Å². The third kappa shape index (κ3) is 61.6. The molecule has 428 valence electrons. The highest BCUT2D eigenvalue weighted by Crippen LogP contribution is 2.18. The molecular formula is C69H122O5. The molecule has 0 aliphatic carbocycles. The summed E-state index contributed by atoms with van der Waals surface area (Å²) in [7, 11) is 0. The first-order chi connectivity index (χ1) is 36.6. The minimum Gasteiger partial charge on any atom is -0.462 e. The summed E-state index contributed by atoms with van der Waals surface area (Å²) in [6, 6.07) is 0. The molecule has 0 bridgehead atoms. The second-order valence-electron chi connectivity index (χ2n) is 21.5. The maximum absolute atomic E-state index is 12.2. The second-order valence-corrected chi connectivity index (χ2v) is 21.5. The third-order valence-electron chi connectivity index (χ3n) is 14.2. The number of hydrogen-bond donors (Lipinski definition) is 1. The quantitative estimate of drug-likeness (QED) is 0.0373. The third-order valence-corrected chi connectivity index (χ3v) is 14.2. The van der Waals surface area contributed by atoms with Gasteiger partial charge in [-0.25, -0.2) is 0 Å². The van der Waals surface area contributed by atoms with E-state index in [4.69, 9.17) is 9.47 Å². The van der Waals surface area contributed by atoms with Gasteiger partial charge in [0.1, 0.15) is 6.61 Å². The number of carbonyl (C=O) groups is 2. The van der Waals surface area contributed by atoms with Crippen LogP contribution in [0.15, 0.2) is 85.1 Å². The van der Waals surface area contributed by atoms with E-state index < -0.39 is 12.1 Å². The first-order valence-corrected chi connectivity index (χ1v) is 32.1. The van der Waals surface area contributed by atoms with Gasteiger partial charge in [0.25, 0.3) is 0 Å². The molecule has 0 amide bonds. The van der Waals surface area contributed by atoms with E-state index in [-0.39, 0.29) is 25.6 Å². The summed E-state index contributed by atoms with van der Waals surface area (Å²) in [6.45, 7) is 3.99. The number of rotatable bonds is 59. The van der Waals surface area contributed by atoms with Crippen molar-refractivity contribution in [2.24, 2.45) is 0 Å². The standard InChI is InChI=1S/C69H122O5/c1-3-5-7-9-11-13-15-17-19-21-23-24-25-26-27-28-29-30-31-32-33-34-35-36-37-38-39-40-41-42-43-44-46-47-49-51-53-55-57-59-61-63-68(71)73-66-67(65-70)74-69(72)64-62-60-58-56-54-52-50-48-45-22-20-18-16-14-12-10-8-6-4-2/h6,8,12,14,18,20-21,23,45,48,52,54,58,60,67,70H,3-5,7,9-11,13,15-17,19,22,24-44,46-47,49-51,53,55-57,59,61-66H2,1-2H3/b8-6-,14-12-,20-18-,23-21-,48-45-,54-52-,60-58-. The van der Waals surface area contributed by atoms with E-state index >= 15 is 0 Å². The van der Waals surface area contributed by atoms with Crippen LogP contribution in [0.2, 0.25) is 0 Å². The normalized spacial score (nSPS) is 12.7. The van der Waals surface area contributed by atoms with Gasteiger partial charge in [-0.3, -0.25) is 9.59 Å². The molecule has 0 spiro atoms. The number of allylic oxidation sites excluding steroid dienone is 14. The number of hydrogen-bond acceptors (Lipinski definition) is 5. The van der Waals surface area contributed by atoms with Crippen LogP contribution in [0, 0.1) is 0 Å². The van der Waals surface area contributed by atoms with E-state index in [9.17, 15) is 14.7 Å². The lowest BCUT2D eigenvalue weighted by Crippen LogP contribution is -2.28. The highest BCUT2D eigenvalue weighted by Gasteiger charge is 2.16. The molecule has 5 nitrogen and oxygen atoms in total. The molecule has 0 heterocycles. The van der Waals surface area contributed by atoms with Crippen molar-refractivity contribution in [2.75, 3.05) is 13.2 Å². The van der Waals surface area contributed by atoms with Crippen molar-refractivity contribution in [3.63, 3.8) is 0 Å². The summed E-state index contributed by atoms with van der Waals surface area (Å²) >= 11 is 0. The Balaban J connectivity index is 3.42. The molecular weight excluding hydrogens is 909 g/mol. The fourth-order valence-corrected chi connectivity index (χ4v) is 9.40. The fourth-order valence-electron chi connectivity index (χ4n) is 9.40. The average molecular weight is 1030 g/mol. The lowest BCUT2D eigenvalue weighted by molar-refractivity contribution is -0.161. The molecule has 74 heavy (non-hydrogen) atoms. The first kappa shape index (κ1) is 71.1. The second kappa shape index (κ2) is 64.4. The van der Waals surface area contributed by atoms with Crippen LogP contribution in [0.5, 0.6) is 0 Å². The van der Waals surface area contributed by atoms with Gasteiger partial charge in [0, 0.05) is 12.8 Å². The SMILES string of the molecule is CC/C=C\C/C=C\C/C=C\C/C=C\C/C=C\C/C=C\CCC(=O)OC(CO)COC(=O)CCCCCCCCCCCCCCCCCCCCCCCCCCCCCCC/C=C\CCCCCCCCCC. The molecule has 0 aliphatic rings. The molecule has 0 aromatic heterocycles. The molecule has 0 saturated carbocycles. The van der Waals surface area contributed by atoms with E-state index in [0.717, 1.165) is 57.8 Å². The summed E-state index contributed by atoms with van der Waals surface area (Å²) in [6.07, 6.45) is 90.6. The van der Waals surface area contributed by atoms with Gasteiger partial charge in [0.15, 0.2) is 6.10 Å². The number of ether oxygens (including phenoxy) is 2. The zero-order valence-corrected chi connectivity index (χ0v) is 49.1. The van der Waals surface area contributed by atoms with Gasteiger partial charge in [0.05, 0.1) is 6.61 Å². The molecule has 0 saturated heterocycles. The predicted octanol–water partition coefficient (Wildman–Crippen LogP) is 22.1. The molecule has 5 heteroatoms. The van der Waals surface area contributed by atoms with E-state index in [2.05, 4.69) is 86.8 Å². The number of aliphatic hydroxyl groups is 1. The lowest BCUT2D eigenvalue weighted by Gasteiger charge is -2.15. The number of esters is 2. The van der Waals surface area contributed by atoms with E-state index in [1.807, 2.05) is 12.2 Å². The summed E-state index contributed by atoms with van der Waals surface area (Å²) in [5.74, 6) is -0.681. The van der Waals surface area contributed by atoms with Gasteiger partial charge in [-0.1, -0.05) is 317 Å². The maximum atomic E-state index is 12.2. The van der Waals surface area contributed by atoms with Crippen LogP contribution in [0.4, 0.5) is 0 Å². The van der Waals surface area contributed by atoms with Crippen LogP contribution in [-0.2, 0) is 19.1 Å². The van der Waals surface area contributed by atoms with E-state index in [1.165, 1.54) is 231 Å². The molecule has 0 aliphatic heterocycles. The summed E-state index contributed by atoms with van der Waals surface area (Å²) in [4.78, 5) is 24.5. The Labute approximate surface area is 460 Å². The Morgan fingerprint density at radius 2 is 0.608 bits per heavy atom. The van der Waals surface area contributed by atoms with Crippen molar-refractivity contribution in [3.05, 3.63) is 85.1 Å². The minimum absolute atomic E-state index is 0.0973. The average Bonchev–Trinajstić information content (AvgIpc) is 3.40. The fraction of sp³-hybridized carbons (Fsp3) is 0.768. The Morgan fingerprint density at radius 3 is 0.932 bits per heavy atom. The van der Waals surface area contributed by atoms with Crippen molar-refractivity contribution >= 4 is 11.9 Å². The van der Waals surface area contributed by atoms with Crippen molar-refractivity contribution in [1.82, 2.24) is 0 Å². The summed E-state index contributed by atoms with van der Waals surface area (Å²) < 4.78 is 10.6. The van der Waals surface area contributed by atoms with E-state index in [1.54, 1.807) is 0 Å². The van der Waals surface area contributed by atoms with Crippen molar-refractivity contribution in [1.29, 1.82) is 0 Å². The molecule has 0 fully saturated rings. The van der Waals surface area contributed by atoms with Gasteiger partial charge in [-0.15, -0.1) is 0 Å². The predicted molar refractivity (Wildman–Crippen MR) is 325 cm³/mol. The lowest BCUT2D eigenvalue weighted by atomic mass is 10.0. The molecule has 1 N–H and O–H groups in total. The number of aliphatic hydroxyl groups excluding tert-OH is 1.